The fourth-order valence-electron chi connectivity index (χ4n) is 7.55. The van der Waals surface area contributed by atoms with Crippen molar-refractivity contribution in [3.05, 3.63) is 39.9 Å². The quantitative estimate of drug-likeness (QED) is 0.0320. The molecule has 270 valence electrons. The monoisotopic (exact) mass is 704 g/mol. The number of benzene rings is 1. The summed E-state index contributed by atoms with van der Waals surface area (Å²) in [5, 5.41) is 25.7. The van der Waals surface area contributed by atoms with Gasteiger partial charge in [-0.15, -0.1) is 0 Å². The number of sulfone groups is 1. The first-order valence-corrected chi connectivity index (χ1v) is 18.7. The predicted octanol–water partition coefficient (Wildman–Crippen LogP) is 2.42. The SMILES string of the molecule is CC(C)C[C@H](NC(=O)[C@H](CCCNC(=N)N[N+](=O)[O-])NC(=O)CCC(=O)c1ccc(S(C)(=O)=O)cc1)B1O[C@@H]2C[C@@H]3C[C@@H](C3(C)C)[C@]2(C)O1. The molecule has 1 aromatic carbocycles. The molecule has 0 unspecified atom stereocenters. The van der Waals surface area contributed by atoms with Crippen molar-refractivity contribution in [1.29, 1.82) is 5.41 Å². The zero-order valence-corrected chi connectivity index (χ0v) is 29.9. The molecule has 3 aliphatic carbocycles. The number of carbonyl (C=O) groups excluding carboxylic acids is 3. The Morgan fingerprint density at radius 2 is 1.78 bits per heavy atom. The molecular formula is C32H49BN6O9S. The Bertz CT molecular complexity index is 1540. The molecule has 5 rings (SSSR count). The molecule has 49 heavy (non-hydrogen) atoms. The Balaban J connectivity index is 1.41. The van der Waals surface area contributed by atoms with E-state index in [4.69, 9.17) is 14.7 Å². The molecule has 2 bridgehead atoms. The summed E-state index contributed by atoms with van der Waals surface area (Å²) in [6.07, 6.45) is 3.56. The summed E-state index contributed by atoms with van der Waals surface area (Å²) in [5.74, 6) is -1.28. The second-order valence-electron chi connectivity index (χ2n) is 14.7. The minimum absolute atomic E-state index is 0.0760. The maximum atomic E-state index is 13.8. The van der Waals surface area contributed by atoms with Crippen LogP contribution >= 0.6 is 0 Å². The lowest BCUT2D eigenvalue weighted by atomic mass is 9.43. The van der Waals surface area contributed by atoms with E-state index in [1.54, 1.807) is 5.43 Å². The van der Waals surface area contributed by atoms with Gasteiger partial charge < -0.3 is 25.3 Å². The normalized spacial score (nSPS) is 25.0. The first-order valence-electron chi connectivity index (χ1n) is 16.8. The van der Waals surface area contributed by atoms with Crippen molar-refractivity contribution in [2.45, 2.75) is 108 Å². The zero-order valence-electron chi connectivity index (χ0n) is 29.0. The molecule has 17 heteroatoms. The van der Waals surface area contributed by atoms with Crippen LogP contribution in [0.3, 0.4) is 0 Å². The van der Waals surface area contributed by atoms with Gasteiger partial charge in [0.15, 0.2) is 20.7 Å². The second kappa shape index (κ2) is 15.1. The van der Waals surface area contributed by atoms with Crippen LogP contribution in [0.2, 0.25) is 0 Å². The van der Waals surface area contributed by atoms with Gasteiger partial charge in [0.2, 0.25) is 11.8 Å². The summed E-state index contributed by atoms with van der Waals surface area (Å²) < 4.78 is 36.6. The standard InChI is InChI=1S/C32H49BN6O9S/c1-19(2)16-27(33-47-26-18-21-17-25(31(21,3)4)32(26,5)48-33)37-29(42)23(8-7-15-35-30(34)38-39(43)44)36-28(41)14-13-24(40)20-9-11-22(12-10-20)49(6,45)46/h9-12,19,21,23,25-27H,7-8,13-18H2,1-6H3,(H,36,41)(H,37,42)(H3,34,35,38)/t21-,23-,25-,26+,27-,32-/m0/s1. The molecule has 1 aromatic rings. The number of nitrogens with zero attached hydrogens (tertiary/aromatic N) is 1. The molecule has 0 spiro atoms. The maximum Gasteiger partial charge on any atom is 0.481 e. The van der Waals surface area contributed by atoms with Crippen LogP contribution in [0.15, 0.2) is 29.2 Å². The molecule has 1 aliphatic heterocycles. The van der Waals surface area contributed by atoms with Crippen LogP contribution in [0.25, 0.3) is 0 Å². The number of Topliss-reactive ketones (excluding diaryl/α,β-unsaturated/α-hetero) is 1. The van der Waals surface area contributed by atoms with Crippen molar-refractivity contribution in [2.24, 2.45) is 23.2 Å². The van der Waals surface area contributed by atoms with Crippen molar-refractivity contribution in [2.75, 3.05) is 12.8 Å². The zero-order chi connectivity index (χ0) is 36.3. The van der Waals surface area contributed by atoms with Crippen molar-refractivity contribution in [1.82, 2.24) is 21.4 Å². The molecule has 1 saturated heterocycles. The van der Waals surface area contributed by atoms with Gasteiger partial charge in [-0.1, -0.05) is 45.3 Å². The van der Waals surface area contributed by atoms with E-state index in [1.165, 1.54) is 24.3 Å². The lowest BCUT2D eigenvalue weighted by Crippen LogP contribution is -2.65. The number of carbonyl (C=O) groups is 3. The molecule has 4 aliphatic rings. The highest BCUT2D eigenvalue weighted by atomic mass is 32.2. The topological polar surface area (TPSA) is 219 Å². The first-order chi connectivity index (χ1) is 22.8. The summed E-state index contributed by atoms with van der Waals surface area (Å²) >= 11 is 0. The van der Waals surface area contributed by atoms with Crippen molar-refractivity contribution >= 4 is 40.5 Å². The van der Waals surface area contributed by atoms with E-state index < -0.39 is 57.3 Å². The van der Waals surface area contributed by atoms with Crippen LogP contribution in [0, 0.1) is 38.7 Å². The summed E-state index contributed by atoms with van der Waals surface area (Å²) in [6, 6.07) is 4.45. The molecule has 0 aromatic heterocycles. The van der Waals surface area contributed by atoms with E-state index in [0.29, 0.717) is 18.3 Å². The molecule has 1 heterocycles. The smallest absolute Gasteiger partial charge is 0.404 e. The van der Waals surface area contributed by atoms with E-state index >= 15 is 0 Å². The van der Waals surface area contributed by atoms with E-state index in [2.05, 4.69) is 36.7 Å². The molecule has 0 radical (unpaired) electrons. The summed E-state index contributed by atoms with van der Waals surface area (Å²) in [4.78, 5) is 50.3. The number of guanidine groups is 1. The van der Waals surface area contributed by atoms with Gasteiger partial charge in [-0.25, -0.2) is 18.5 Å². The number of hydrogen-bond donors (Lipinski definition) is 5. The Morgan fingerprint density at radius 3 is 2.37 bits per heavy atom. The van der Waals surface area contributed by atoms with Gasteiger partial charge in [0.25, 0.3) is 5.96 Å². The first kappa shape index (κ1) is 38.2. The number of hydrogen-bond acceptors (Lipinski definition) is 10. The Kier molecular flexibility index (Phi) is 11.8. The second-order valence-corrected chi connectivity index (χ2v) is 16.8. The summed E-state index contributed by atoms with van der Waals surface area (Å²) in [6.45, 7) is 10.8. The number of ketones is 1. The number of amides is 2. The third-order valence-electron chi connectivity index (χ3n) is 10.4. The van der Waals surface area contributed by atoms with Gasteiger partial charge in [0.1, 0.15) is 6.04 Å². The molecular weight excluding hydrogens is 655 g/mol. The fourth-order valence-corrected chi connectivity index (χ4v) is 8.18. The highest BCUT2D eigenvalue weighted by Crippen LogP contribution is 2.65. The van der Waals surface area contributed by atoms with Crippen LogP contribution in [0.5, 0.6) is 0 Å². The fraction of sp³-hybridized carbons (Fsp3) is 0.688. The lowest BCUT2D eigenvalue weighted by molar-refractivity contribution is -0.525. The molecule has 4 fully saturated rings. The lowest BCUT2D eigenvalue weighted by Gasteiger charge is -2.64. The van der Waals surface area contributed by atoms with Crippen molar-refractivity contribution in [3.63, 3.8) is 0 Å². The molecule has 6 atom stereocenters. The van der Waals surface area contributed by atoms with E-state index in [1.807, 2.05) is 13.8 Å². The Labute approximate surface area is 288 Å². The third kappa shape index (κ3) is 9.17. The maximum absolute atomic E-state index is 13.8. The predicted molar refractivity (Wildman–Crippen MR) is 182 cm³/mol. The van der Waals surface area contributed by atoms with Gasteiger partial charge in [-0.2, -0.15) is 0 Å². The van der Waals surface area contributed by atoms with Crippen LogP contribution in [-0.2, 0) is 28.7 Å². The van der Waals surface area contributed by atoms with E-state index in [9.17, 15) is 32.9 Å². The van der Waals surface area contributed by atoms with Crippen LogP contribution in [-0.4, -0.2) is 80.6 Å². The number of nitro groups is 1. The van der Waals surface area contributed by atoms with E-state index in [0.717, 1.165) is 19.1 Å². The Morgan fingerprint density at radius 1 is 1.10 bits per heavy atom. The van der Waals surface area contributed by atoms with Gasteiger partial charge in [0.05, 0.1) is 22.5 Å². The molecule has 2 amide bonds. The average Bonchev–Trinajstić information content (AvgIpc) is 3.37. The average molecular weight is 705 g/mol. The Hall–Kier alpha value is -3.57. The number of hydrazine groups is 1. The third-order valence-corrected chi connectivity index (χ3v) is 11.5. The van der Waals surface area contributed by atoms with Gasteiger partial charge in [-0.3, -0.25) is 19.8 Å². The minimum Gasteiger partial charge on any atom is -0.404 e. The molecule has 15 nitrogen and oxygen atoms in total. The highest BCUT2D eigenvalue weighted by Gasteiger charge is 2.68. The number of rotatable bonds is 16. The highest BCUT2D eigenvalue weighted by molar-refractivity contribution is 7.90. The molecule has 5 N–H and O–H groups in total. The van der Waals surface area contributed by atoms with Crippen LogP contribution in [0.4, 0.5) is 0 Å². The van der Waals surface area contributed by atoms with Gasteiger partial charge >= 0.3 is 7.12 Å². The minimum atomic E-state index is -3.43. The molecule has 3 saturated carbocycles. The van der Waals surface area contributed by atoms with Gasteiger partial charge in [0, 0.05) is 31.2 Å². The summed E-state index contributed by atoms with van der Waals surface area (Å²) in [7, 11) is -4.10. The largest absolute Gasteiger partial charge is 0.481 e. The van der Waals surface area contributed by atoms with Gasteiger partial charge in [-0.05, 0) is 74.3 Å². The summed E-state index contributed by atoms with van der Waals surface area (Å²) in [5.41, 5.74) is 1.64. The van der Waals surface area contributed by atoms with Crippen LogP contribution in [0.1, 0.15) is 89.9 Å². The van der Waals surface area contributed by atoms with Crippen molar-refractivity contribution in [3.8, 4) is 0 Å². The van der Waals surface area contributed by atoms with Crippen molar-refractivity contribution < 1.29 is 37.1 Å². The van der Waals surface area contributed by atoms with E-state index in [-0.39, 0.29) is 65.9 Å². The van der Waals surface area contributed by atoms with Crippen LogP contribution < -0.4 is 21.4 Å². The number of nitrogens with one attached hydrogen (secondary N) is 5.